The number of phenols is 2. The van der Waals surface area contributed by atoms with Crippen molar-refractivity contribution in [3.63, 3.8) is 0 Å². The van der Waals surface area contributed by atoms with E-state index in [4.69, 9.17) is 13.9 Å². The van der Waals surface area contributed by atoms with Gasteiger partial charge in [-0.1, -0.05) is 0 Å². The van der Waals surface area contributed by atoms with E-state index >= 15 is 0 Å². The summed E-state index contributed by atoms with van der Waals surface area (Å²) in [6.45, 7) is -0.626. The van der Waals surface area contributed by atoms with E-state index in [0.29, 0.717) is 5.56 Å². The van der Waals surface area contributed by atoms with Crippen molar-refractivity contribution in [2.24, 2.45) is 0 Å². The largest absolute Gasteiger partial charge is 0.508 e. The molecule has 0 spiro atoms. The average Bonchev–Trinajstić information content (AvgIpc) is 2.74. The molecule has 164 valence electrons. The summed E-state index contributed by atoms with van der Waals surface area (Å²) in [5.41, 5.74) is -0.0204. The first-order valence-electron chi connectivity index (χ1n) is 9.36. The van der Waals surface area contributed by atoms with Crippen LogP contribution in [0, 0.1) is 0 Å². The van der Waals surface area contributed by atoms with Crippen molar-refractivity contribution in [2.45, 2.75) is 30.7 Å². The fourth-order valence-corrected chi connectivity index (χ4v) is 3.38. The van der Waals surface area contributed by atoms with Gasteiger partial charge in [-0.15, -0.1) is 0 Å². The number of aliphatic hydroxyl groups excluding tert-OH is 4. The molecular weight excluding hydrogens is 412 g/mol. The Balaban J connectivity index is 1.71. The fraction of sp³-hybridized carbons (Fsp3) is 0.286. The van der Waals surface area contributed by atoms with Gasteiger partial charge in [0.15, 0.2) is 5.43 Å². The maximum Gasteiger partial charge on any atom is 0.229 e. The lowest BCUT2D eigenvalue weighted by atomic mass is 9.99. The second-order valence-electron chi connectivity index (χ2n) is 7.15. The molecule has 0 aliphatic carbocycles. The smallest absolute Gasteiger partial charge is 0.229 e. The number of benzene rings is 2. The highest BCUT2D eigenvalue weighted by Crippen LogP contribution is 2.33. The predicted molar refractivity (Wildman–Crippen MR) is 106 cm³/mol. The Bertz CT molecular complexity index is 1140. The van der Waals surface area contributed by atoms with E-state index in [2.05, 4.69) is 0 Å². The Kier molecular flexibility index (Phi) is 5.56. The van der Waals surface area contributed by atoms with Crippen LogP contribution in [0.4, 0.5) is 0 Å². The first kappa shape index (κ1) is 21.1. The third kappa shape index (κ3) is 3.94. The number of ether oxygens (including phenoxy) is 2. The summed E-state index contributed by atoms with van der Waals surface area (Å²) in [6, 6.07) is 9.56. The van der Waals surface area contributed by atoms with E-state index in [1.807, 2.05) is 0 Å². The van der Waals surface area contributed by atoms with Crippen LogP contribution < -0.4 is 10.2 Å². The van der Waals surface area contributed by atoms with Gasteiger partial charge in [0.2, 0.25) is 6.29 Å². The highest BCUT2D eigenvalue weighted by Gasteiger charge is 2.44. The van der Waals surface area contributed by atoms with Gasteiger partial charge >= 0.3 is 0 Å². The minimum atomic E-state index is -1.65. The lowest BCUT2D eigenvalue weighted by Crippen LogP contribution is -2.60. The number of aliphatic hydroxyl groups is 4. The zero-order chi connectivity index (χ0) is 22.3. The number of phenolic OH excluding ortho intramolecular Hbond substituents is 2. The van der Waals surface area contributed by atoms with E-state index in [0.717, 1.165) is 6.07 Å². The van der Waals surface area contributed by atoms with Gasteiger partial charge in [-0.05, 0) is 24.3 Å². The molecular formula is C21H20O10. The summed E-state index contributed by atoms with van der Waals surface area (Å²) >= 11 is 0. The monoisotopic (exact) mass is 432 g/mol. The van der Waals surface area contributed by atoms with Gasteiger partial charge < -0.3 is 44.5 Å². The van der Waals surface area contributed by atoms with Crippen molar-refractivity contribution in [1.82, 2.24) is 0 Å². The van der Waals surface area contributed by atoms with Gasteiger partial charge in [0.1, 0.15) is 58.4 Å². The Labute approximate surface area is 174 Å². The first-order chi connectivity index (χ1) is 14.8. The third-order valence-corrected chi connectivity index (χ3v) is 5.04. The van der Waals surface area contributed by atoms with Gasteiger partial charge in [0.25, 0.3) is 0 Å². The van der Waals surface area contributed by atoms with Gasteiger partial charge in [-0.3, -0.25) is 4.79 Å². The molecule has 0 amide bonds. The molecule has 1 saturated heterocycles. The molecule has 2 aromatic carbocycles. The molecule has 1 aliphatic heterocycles. The Morgan fingerprint density at radius 2 is 1.65 bits per heavy atom. The van der Waals surface area contributed by atoms with Crippen molar-refractivity contribution in [1.29, 1.82) is 0 Å². The van der Waals surface area contributed by atoms with Crippen LogP contribution in [-0.4, -0.2) is 68.0 Å². The summed E-state index contributed by atoms with van der Waals surface area (Å²) in [5, 5.41) is 58.8. The molecule has 1 aromatic heterocycles. The van der Waals surface area contributed by atoms with E-state index in [9.17, 15) is 35.4 Å². The average molecular weight is 432 g/mol. The molecule has 2 heterocycles. The summed E-state index contributed by atoms with van der Waals surface area (Å²) in [6.07, 6.45) is -7.47. The summed E-state index contributed by atoms with van der Waals surface area (Å²) in [5.74, 6) is -0.273. The minimum Gasteiger partial charge on any atom is -0.508 e. The topological polar surface area (TPSA) is 170 Å². The van der Waals surface area contributed by atoms with Crippen molar-refractivity contribution in [3.05, 3.63) is 52.7 Å². The number of aromatic hydroxyl groups is 2. The van der Waals surface area contributed by atoms with Crippen LogP contribution >= 0.6 is 0 Å². The second-order valence-corrected chi connectivity index (χ2v) is 7.15. The van der Waals surface area contributed by atoms with Gasteiger partial charge in [-0.2, -0.15) is 0 Å². The highest BCUT2D eigenvalue weighted by molar-refractivity contribution is 5.86. The second kappa shape index (κ2) is 8.17. The number of hydrogen-bond donors (Lipinski definition) is 6. The van der Waals surface area contributed by atoms with E-state index in [1.165, 1.54) is 24.3 Å². The third-order valence-electron chi connectivity index (χ3n) is 5.04. The van der Waals surface area contributed by atoms with Crippen LogP contribution in [0.25, 0.3) is 22.3 Å². The van der Waals surface area contributed by atoms with Crippen LogP contribution in [-0.2, 0) is 4.74 Å². The molecule has 1 fully saturated rings. The van der Waals surface area contributed by atoms with Crippen molar-refractivity contribution in [2.75, 3.05) is 6.61 Å². The van der Waals surface area contributed by atoms with Gasteiger partial charge in [0, 0.05) is 23.8 Å². The Hall–Kier alpha value is -3.15. The Morgan fingerprint density at radius 1 is 0.935 bits per heavy atom. The predicted octanol–water partition coefficient (Wildman–Crippen LogP) is 0.0499. The zero-order valence-corrected chi connectivity index (χ0v) is 16.0. The quantitative estimate of drug-likeness (QED) is 0.331. The van der Waals surface area contributed by atoms with E-state index < -0.39 is 48.5 Å². The molecule has 1 aliphatic rings. The number of fused-ring (bicyclic) bond motifs is 1. The SMILES string of the molecule is O=c1cc(-c2ccc(O)cc2)oc2cc(OC3O[C@H](CO)[C@H](O)[C@H](O)[C@H]3O)cc(O)c12. The minimum absolute atomic E-state index is 0.0184. The first-order valence-corrected chi connectivity index (χ1v) is 9.36. The number of hydrogen-bond acceptors (Lipinski definition) is 10. The highest BCUT2D eigenvalue weighted by atomic mass is 16.7. The fourth-order valence-electron chi connectivity index (χ4n) is 3.38. The zero-order valence-electron chi connectivity index (χ0n) is 16.0. The van der Waals surface area contributed by atoms with Gasteiger partial charge in [0.05, 0.1) is 6.61 Å². The molecule has 0 radical (unpaired) electrons. The molecule has 0 bridgehead atoms. The van der Waals surface area contributed by atoms with Crippen LogP contribution in [0.5, 0.6) is 17.2 Å². The molecule has 4 rings (SSSR count). The summed E-state index contributed by atoms with van der Waals surface area (Å²) in [7, 11) is 0. The van der Waals surface area contributed by atoms with Crippen LogP contribution in [0.1, 0.15) is 0 Å². The maximum atomic E-state index is 12.5. The van der Waals surface area contributed by atoms with Crippen LogP contribution in [0.15, 0.2) is 51.7 Å². The molecule has 3 aromatic rings. The van der Waals surface area contributed by atoms with Crippen LogP contribution in [0.3, 0.4) is 0 Å². The Morgan fingerprint density at radius 3 is 2.32 bits per heavy atom. The molecule has 1 unspecified atom stereocenters. The molecule has 5 atom stereocenters. The molecule has 0 saturated carbocycles. The summed E-state index contributed by atoms with van der Waals surface area (Å²) in [4.78, 5) is 12.5. The summed E-state index contributed by atoms with van der Waals surface area (Å²) < 4.78 is 16.5. The van der Waals surface area contributed by atoms with Crippen molar-refractivity contribution >= 4 is 11.0 Å². The molecule has 10 nitrogen and oxygen atoms in total. The van der Waals surface area contributed by atoms with E-state index in [-0.39, 0.29) is 28.2 Å². The van der Waals surface area contributed by atoms with Gasteiger partial charge in [-0.25, -0.2) is 0 Å². The maximum absolute atomic E-state index is 12.5. The number of rotatable bonds is 4. The van der Waals surface area contributed by atoms with Crippen molar-refractivity contribution in [3.8, 4) is 28.6 Å². The normalized spacial score (nSPS) is 26.1. The van der Waals surface area contributed by atoms with Crippen LogP contribution in [0.2, 0.25) is 0 Å². The molecule has 10 heteroatoms. The standard InChI is InChI=1S/C21H20O10/c22-8-16-18(26)19(27)20(28)21(31-16)29-11-5-12(24)17-13(25)7-14(30-15(17)6-11)9-1-3-10(23)4-2-9/h1-7,16,18-24,26-28H,8H2/t16-,18+,19+,20-,21?/m1/s1. The lowest BCUT2D eigenvalue weighted by Gasteiger charge is -2.39. The molecule has 31 heavy (non-hydrogen) atoms. The van der Waals surface area contributed by atoms with Crippen molar-refractivity contribution < 1.29 is 44.5 Å². The lowest BCUT2D eigenvalue weighted by molar-refractivity contribution is -0.277. The molecule has 6 N–H and O–H groups in total. The van der Waals surface area contributed by atoms with E-state index in [1.54, 1.807) is 12.1 Å².